The highest BCUT2D eigenvalue weighted by atomic mass is 16.2. The van der Waals surface area contributed by atoms with Crippen molar-refractivity contribution in [3.63, 3.8) is 0 Å². The SMILES string of the molecule is CC1CCC(NC(=O)C2(C)CCCC2)CC1. The van der Waals surface area contributed by atoms with Gasteiger partial charge in [-0.15, -0.1) is 0 Å². The molecule has 2 saturated carbocycles. The van der Waals surface area contributed by atoms with Gasteiger partial charge in [-0.05, 0) is 44.4 Å². The van der Waals surface area contributed by atoms with Crippen LogP contribution < -0.4 is 5.32 Å². The third kappa shape index (κ3) is 2.58. The van der Waals surface area contributed by atoms with Crippen LogP contribution in [0.3, 0.4) is 0 Å². The Morgan fingerprint density at radius 1 is 1.12 bits per heavy atom. The van der Waals surface area contributed by atoms with Crippen LogP contribution in [0.5, 0.6) is 0 Å². The van der Waals surface area contributed by atoms with Crippen LogP contribution in [-0.2, 0) is 4.79 Å². The van der Waals surface area contributed by atoms with E-state index in [0.29, 0.717) is 11.9 Å². The second kappa shape index (κ2) is 4.77. The molecule has 16 heavy (non-hydrogen) atoms. The summed E-state index contributed by atoms with van der Waals surface area (Å²) in [5.41, 5.74) is -0.0525. The van der Waals surface area contributed by atoms with Gasteiger partial charge in [-0.3, -0.25) is 4.79 Å². The van der Waals surface area contributed by atoms with Gasteiger partial charge in [-0.1, -0.05) is 26.7 Å². The van der Waals surface area contributed by atoms with Gasteiger partial charge in [0.05, 0.1) is 0 Å². The maximum Gasteiger partial charge on any atom is 0.226 e. The molecule has 0 saturated heterocycles. The number of carbonyl (C=O) groups excluding carboxylic acids is 1. The Morgan fingerprint density at radius 2 is 1.69 bits per heavy atom. The normalized spacial score (nSPS) is 33.6. The van der Waals surface area contributed by atoms with E-state index >= 15 is 0 Å². The molecule has 2 nitrogen and oxygen atoms in total. The number of nitrogens with one attached hydrogen (secondary N) is 1. The van der Waals surface area contributed by atoms with E-state index < -0.39 is 0 Å². The lowest BCUT2D eigenvalue weighted by atomic mass is 9.84. The van der Waals surface area contributed by atoms with Crippen molar-refractivity contribution >= 4 is 5.91 Å². The standard InChI is InChI=1S/C14H25NO/c1-11-5-7-12(8-6-11)15-13(16)14(2)9-3-4-10-14/h11-12H,3-10H2,1-2H3,(H,15,16). The van der Waals surface area contributed by atoms with Gasteiger partial charge in [-0.2, -0.15) is 0 Å². The molecule has 0 aliphatic heterocycles. The predicted molar refractivity (Wildman–Crippen MR) is 66.1 cm³/mol. The molecule has 1 N–H and O–H groups in total. The minimum absolute atomic E-state index is 0.0525. The molecule has 0 bridgehead atoms. The van der Waals surface area contributed by atoms with E-state index in [9.17, 15) is 4.79 Å². The summed E-state index contributed by atoms with van der Waals surface area (Å²) in [5, 5.41) is 3.28. The van der Waals surface area contributed by atoms with Crippen LogP contribution >= 0.6 is 0 Å². The van der Waals surface area contributed by atoms with E-state index in [1.54, 1.807) is 0 Å². The Labute approximate surface area is 99.2 Å². The fourth-order valence-electron chi connectivity index (χ4n) is 3.15. The topological polar surface area (TPSA) is 29.1 Å². The maximum atomic E-state index is 12.2. The lowest BCUT2D eigenvalue weighted by molar-refractivity contribution is -0.130. The van der Waals surface area contributed by atoms with Gasteiger partial charge < -0.3 is 5.32 Å². The predicted octanol–water partition coefficient (Wildman–Crippen LogP) is 3.26. The first-order chi connectivity index (χ1) is 7.60. The number of carbonyl (C=O) groups is 1. The Kier molecular flexibility index (Phi) is 3.56. The van der Waals surface area contributed by atoms with Crippen LogP contribution in [0.1, 0.15) is 65.2 Å². The fourth-order valence-corrected chi connectivity index (χ4v) is 3.15. The Hall–Kier alpha value is -0.530. The summed E-state index contributed by atoms with van der Waals surface area (Å²) in [7, 11) is 0. The van der Waals surface area contributed by atoms with Crippen LogP contribution in [0.4, 0.5) is 0 Å². The van der Waals surface area contributed by atoms with E-state index in [2.05, 4.69) is 19.2 Å². The van der Waals surface area contributed by atoms with Gasteiger partial charge in [0, 0.05) is 11.5 Å². The molecule has 0 aromatic rings. The summed E-state index contributed by atoms with van der Waals surface area (Å²) in [5.74, 6) is 1.18. The maximum absolute atomic E-state index is 12.2. The molecule has 2 aliphatic carbocycles. The van der Waals surface area contributed by atoms with Crippen LogP contribution in [0.25, 0.3) is 0 Å². The highest BCUT2D eigenvalue weighted by Gasteiger charge is 2.37. The monoisotopic (exact) mass is 223 g/mol. The molecular weight excluding hydrogens is 198 g/mol. The molecule has 0 atom stereocenters. The summed E-state index contributed by atoms with van der Waals surface area (Å²) >= 11 is 0. The molecule has 92 valence electrons. The van der Waals surface area contributed by atoms with Gasteiger partial charge in [0.25, 0.3) is 0 Å². The molecule has 1 amide bonds. The minimum atomic E-state index is -0.0525. The van der Waals surface area contributed by atoms with E-state index in [4.69, 9.17) is 0 Å². The highest BCUT2D eigenvalue weighted by molar-refractivity contribution is 5.82. The number of hydrogen-bond acceptors (Lipinski definition) is 1. The van der Waals surface area contributed by atoms with E-state index in [1.165, 1.54) is 38.5 Å². The van der Waals surface area contributed by atoms with Crippen LogP contribution in [0, 0.1) is 11.3 Å². The summed E-state index contributed by atoms with van der Waals surface area (Å²) in [4.78, 5) is 12.2. The zero-order chi connectivity index (χ0) is 11.6. The average molecular weight is 223 g/mol. The van der Waals surface area contributed by atoms with Crippen molar-refractivity contribution in [3.05, 3.63) is 0 Å². The summed E-state index contributed by atoms with van der Waals surface area (Å²) in [6.45, 7) is 4.46. The van der Waals surface area contributed by atoms with Gasteiger partial charge in [0.15, 0.2) is 0 Å². The third-order valence-electron chi connectivity index (χ3n) is 4.61. The Morgan fingerprint density at radius 3 is 2.25 bits per heavy atom. The minimum Gasteiger partial charge on any atom is -0.353 e. The molecule has 0 aromatic carbocycles. The van der Waals surface area contributed by atoms with E-state index in [0.717, 1.165) is 18.8 Å². The zero-order valence-electron chi connectivity index (χ0n) is 10.7. The van der Waals surface area contributed by atoms with Crippen molar-refractivity contribution < 1.29 is 4.79 Å². The molecule has 2 aliphatic rings. The third-order valence-corrected chi connectivity index (χ3v) is 4.61. The number of hydrogen-bond donors (Lipinski definition) is 1. The van der Waals surface area contributed by atoms with Crippen LogP contribution in [0.15, 0.2) is 0 Å². The first-order valence-corrected chi connectivity index (χ1v) is 6.91. The molecule has 0 heterocycles. The zero-order valence-corrected chi connectivity index (χ0v) is 10.7. The summed E-state index contributed by atoms with van der Waals surface area (Å²) < 4.78 is 0. The Bertz CT molecular complexity index is 247. The molecule has 2 fully saturated rings. The second-order valence-corrected chi connectivity index (χ2v) is 6.20. The van der Waals surface area contributed by atoms with Gasteiger partial charge in [0.1, 0.15) is 0 Å². The molecule has 0 radical (unpaired) electrons. The van der Waals surface area contributed by atoms with Gasteiger partial charge >= 0.3 is 0 Å². The highest BCUT2D eigenvalue weighted by Crippen LogP contribution is 2.38. The van der Waals surface area contributed by atoms with Gasteiger partial charge in [0.2, 0.25) is 5.91 Å². The van der Waals surface area contributed by atoms with Crippen molar-refractivity contribution in [2.75, 3.05) is 0 Å². The molecule has 0 aromatic heterocycles. The van der Waals surface area contributed by atoms with Crippen molar-refractivity contribution in [2.45, 2.75) is 71.3 Å². The molecule has 0 unspecified atom stereocenters. The van der Waals surface area contributed by atoms with Crippen LogP contribution in [-0.4, -0.2) is 11.9 Å². The van der Waals surface area contributed by atoms with Gasteiger partial charge in [-0.25, -0.2) is 0 Å². The van der Waals surface area contributed by atoms with E-state index in [1.807, 2.05) is 0 Å². The number of amides is 1. The van der Waals surface area contributed by atoms with Crippen molar-refractivity contribution in [2.24, 2.45) is 11.3 Å². The molecule has 2 rings (SSSR count). The lowest BCUT2D eigenvalue weighted by Gasteiger charge is -2.31. The second-order valence-electron chi connectivity index (χ2n) is 6.20. The van der Waals surface area contributed by atoms with Crippen LogP contribution in [0.2, 0.25) is 0 Å². The van der Waals surface area contributed by atoms with Crippen molar-refractivity contribution in [1.29, 1.82) is 0 Å². The summed E-state index contributed by atoms with van der Waals surface area (Å²) in [6.07, 6.45) is 9.55. The van der Waals surface area contributed by atoms with Crippen molar-refractivity contribution in [3.8, 4) is 0 Å². The first kappa shape index (κ1) is 11.9. The number of rotatable bonds is 2. The smallest absolute Gasteiger partial charge is 0.226 e. The fraction of sp³-hybridized carbons (Fsp3) is 0.929. The Balaban J connectivity index is 1.83. The molecule has 2 heteroatoms. The van der Waals surface area contributed by atoms with Crippen molar-refractivity contribution in [1.82, 2.24) is 5.32 Å². The average Bonchev–Trinajstić information content (AvgIpc) is 2.70. The molecule has 0 spiro atoms. The first-order valence-electron chi connectivity index (χ1n) is 6.91. The summed E-state index contributed by atoms with van der Waals surface area (Å²) in [6, 6.07) is 0.459. The van der Waals surface area contributed by atoms with E-state index in [-0.39, 0.29) is 5.41 Å². The largest absolute Gasteiger partial charge is 0.353 e. The lowest BCUT2D eigenvalue weighted by Crippen LogP contribution is -2.44. The molecular formula is C14H25NO. The quantitative estimate of drug-likeness (QED) is 0.765.